The van der Waals surface area contributed by atoms with Crippen molar-refractivity contribution in [3.05, 3.63) is 64.7 Å². The minimum Gasteiger partial charge on any atom is -0.466 e. The van der Waals surface area contributed by atoms with E-state index in [2.05, 4.69) is 10.4 Å². The Hall–Kier alpha value is -3.62. The fourth-order valence-electron chi connectivity index (χ4n) is 3.81. The lowest BCUT2D eigenvalue weighted by Gasteiger charge is -2.31. The smallest absolute Gasteiger partial charge is 0.350 e. The molecule has 1 atom stereocenters. The number of benzene rings is 1. The van der Waals surface area contributed by atoms with Crippen LogP contribution < -0.4 is 11.0 Å². The molecule has 1 unspecified atom stereocenters. The van der Waals surface area contributed by atoms with Crippen molar-refractivity contribution in [1.82, 2.24) is 19.1 Å². The van der Waals surface area contributed by atoms with Gasteiger partial charge in [-0.05, 0) is 49.6 Å². The van der Waals surface area contributed by atoms with Gasteiger partial charge < -0.3 is 15.0 Å². The second kappa shape index (κ2) is 9.03. The Morgan fingerprint density at radius 2 is 2.10 bits per heavy atom. The molecule has 2 amide bonds. The van der Waals surface area contributed by atoms with Gasteiger partial charge in [-0.15, -0.1) is 5.10 Å². The Morgan fingerprint density at radius 3 is 2.90 bits per heavy atom. The second-order valence-corrected chi connectivity index (χ2v) is 7.54. The SMILES string of the molecule is CCOC(=O)C1CCCN(C(=O)Nc2cccc(Cn3nc4ccccn4c3=O)c2)C1. The van der Waals surface area contributed by atoms with Gasteiger partial charge in [-0.1, -0.05) is 18.2 Å². The average molecular weight is 423 g/mol. The van der Waals surface area contributed by atoms with Gasteiger partial charge in [-0.2, -0.15) is 0 Å². The Morgan fingerprint density at radius 1 is 1.23 bits per heavy atom. The standard InChI is InChI=1S/C22H25N5O4/c1-2-31-20(28)17-8-6-11-25(15-17)21(29)23-18-9-5-7-16(13-18)14-27-22(30)26-12-4-3-10-19(26)24-27/h3-5,7,9-10,12-13,17H,2,6,8,11,14-15H2,1H3,(H,23,29). The monoisotopic (exact) mass is 423 g/mol. The number of ether oxygens (including phenoxy) is 1. The summed E-state index contributed by atoms with van der Waals surface area (Å²) in [5, 5.41) is 7.23. The first kappa shape index (κ1) is 20.6. The maximum Gasteiger partial charge on any atom is 0.350 e. The summed E-state index contributed by atoms with van der Waals surface area (Å²) in [5.41, 5.74) is 1.82. The third-order valence-corrected chi connectivity index (χ3v) is 5.33. The van der Waals surface area contributed by atoms with Crippen LogP contribution in [0.15, 0.2) is 53.5 Å². The molecule has 0 spiro atoms. The Kier molecular flexibility index (Phi) is 6.01. The molecule has 1 aliphatic heterocycles. The highest BCUT2D eigenvalue weighted by Gasteiger charge is 2.29. The van der Waals surface area contributed by atoms with Gasteiger partial charge in [0.1, 0.15) is 0 Å². The molecular weight excluding hydrogens is 398 g/mol. The van der Waals surface area contributed by atoms with Crippen LogP contribution in [0.1, 0.15) is 25.3 Å². The molecule has 162 valence electrons. The van der Waals surface area contributed by atoms with E-state index in [1.165, 1.54) is 9.08 Å². The van der Waals surface area contributed by atoms with Crippen molar-refractivity contribution >= 4 is 23.3 Å². The third kappa shape index (κ3) is 4.60. The molecule has 3 aromatic rings. The van der Waals surface area contributed by atoms with Crippen LogP contribution in [-0.4, -0.2) is 50.8 Å². The molecule has 9 heteroatoms. The number of fused-ring (bicyclic) bond motifs is 1. The van der Waals surface area contributed by atoms with Crippen LogP contribution in [-0.2, 0) is 16.1 Å². The predicted molar refractivity (Wildman–Crippen MR) is 115 cm³/mol. The van der Waals surface area contributed by atoms with Gasteiger partial charge in [0.25, 0.3) is 0 Å². The van der Waals surface area contributed by atoms with Crippen molar-refractivity contribution in [3.8, 4) is 0 Å². The molecule has 4 rings (SSSR count). The Balaban J connectivity index is 1.43. The summed E-state index contributed by atoms with van der Waals surface area (Å²) in [6.07, 6.45) is 3.17. The highest BCUT2D eigenvalue weighted by atomic mass is 16.5. The topological polar surface area (TPSA) is 97.9 Å². The number of pyridine rings is 1. The van der Waals surface area contributed by atoms with E-state index in [1.54, 1.807) is 36.2 Å². The number of aromatic nitrogens is 3. The molecule has 2 aromatic heterocycles. The van der Waals surface area contributed by atoms with Crippen molar-refractivity contribution in [2.75, 3.05) is 25.0 Å². The summed E-state index contributed by atoms with van der Waals surface area (Å²) in [6.45, 7) is 3.35. The highest BCUT2D eigenvalue weighted by molar-refractivity contribution is 5.90. The van der Waals surface area contributed by atoms with E-state index < -0.39 is 0 Å². The number of amides is 2. The number of hydrogen-bond donors (Lipinski definition) is 1. The van der Waals surface area contributed by atoms with Crippen LogP contribution in [0.3, 0.4) is 0 Å². The average Bonchev–Trinajstić information content (AvgIpc) is 3.09. The number of carbonyl (C=O) groups is 2. The van der Waals surface area contributed by atoms with Crippen LogP contribution in [0.5, 0.6) is 0 Å². The van der Waals surface area contributed by atoms with Crippen LogP contribution >= 0.6 is 0 Å². The number of likely N-dealkylation sites (tertiary alicyclic amines) is 1. The minimum absolute atomic E-state index is 0.219. The molecule has 1 N–H and O–H groups in total. The van der Waals surface area contributed by atoms with E-state index in [0.717, 1.165) is 18.4 Å². The van der Waals surface area contributed by atoms with E-state index in [9.17, 15) is 14.4 Å². The van der Waals surface area contributed by atoms with Crippen molar-refractivity contribution in [1.29, 1.82) is 0 Å². The Labute approximate surface area is 179 Å². The van der Waals surface area contributed by atoms with Crippen LogP contribution in [0.25, 0.3) is 5.65 Å². The summed E-state index contributed by atoms with van der Waals surface area (Å²) in [5.74, 6) is -0.535. The lowest BCUT2D eigenvalue weighted by molar-refractivity contribution is -0.149. The van der Waals surface area contributed by atoms with E-state index in [-0.39, 0.29) is 23.6 Å². The number of carbonyl (C=O) groups excluding carboxylic acids is 2. The van der Waals surface area contributed by atoms with Crippen molar-refractivity contribution in [2.45, 2.75) is 26.3 Å². The van der Waals surface area contributed by atoms with Gasteiger partial charge in [0, 0.05) is 25.0 Å². The summed E-state index contributed by atoms with van der Waals surface area (Å²) in [7, 11) is 0. The predicted octanol–water partition coefficient (Wildman–Crippen LogP) is 2.35. The number of rotatable bonds is 5. The summed E-state index contributed by atoms with van der Waals surface area (Å²) < 4.78 is 7.98. The number of esters is 1. The lowest BCUT2D eigenvalue weighted by atomic mass is 9.98. The fraction of sp³-hybridized carbons (Fsp3) is 0.364. The van der Waals surface area contributed by atoms with Crippen molar-refractivity contribution in [2.24, 2.45) is 5.92 Å². The first-order valence-electron chi connectivity index (χ1n) is 10.4. The zero-order valence-electron chi connectivity index (χ0n) is 17.4. The molecule has 3 heterocycles. The largest absolute Gasteiger partial charge is 0.466 e. The first-order chi connectivity index (χ1) is 15.0. The molecule has 0 radical (unpaired) electrons. The van der Waals surface area contributed by atoms with Crippen LogP contribution in [0, 0.1) is 5.92 Å². The van der Waals surface area contributed by atoms with Gasteiger partial charge in [0.2, 0.25) is 0 Å². The zero-order chi connectivity index (χ0) is 21.8. The lowest BCUT2D eigenvalue weighted by Crippen LogP contribution is -2.44. The van der Waals surface area contributed by atoms with Crippen LogP contribution in [0.2, 0.25) is 0 Å². The van der Waals surface area contributed by atoms with E-state index in [0.29, 0.717) is 37.6 Å². The highest BCUT2D eigenvalue weighted by Crippen LogP contribution is 2.19. The third-order valence-electron chi connectivity index (χ3n) is 5.33. The van der Waals surface area contributed by atoms with Gasteiger partial charge in [-0.25, -0.2) is 14.3 Å². The first-order valence-corrected chi connectivity index (χ1v) is 10.4. The number of urea groups is 1. The Bertz CT molecular complexity index is 1150. The molecule has 0 aliphatic carbocycles. The van der Waals surface area contributed by atoms with Gasteiger partial charge in [0.05, 0.1) is 19.1 Å². The van der Waals surface area contributed by atoms with Crippen molar-refractivity contribution in [3.63, 3.8) is 0 Å². The van der Waals surface area contributed by atoms with Crippen molar-refractivity contribution < 1.29 is 14.3 Å². The maximum atomic E-state index is 12.7. The molecule has 1 aromatic carbocycles. The molecule has 31 heavy (non-hydrogen) atoms. The summed E-state index contributed by atoms with van der Waals surface area (Å²) in [6, 6.07) is 12.4. The molecule has 1 aliphatic rings. The second-order valence-electron chi connectivity index (χ2n) is 7.54. The summed E-state index contributed by atoms with van der Waals surface area (Å²) in [4.78, 5) is 38.9. The van der Waals surface area contributed by atoms with Gasteiger partial charge >= 0.3 is 17.7 Å². The molecule has 0 saturated carbocycles. The molecule has 1 saturated heterocycles. The minimum atomic E-state index is -0.285. The van der Waals surface area contributed by atoms with Gasteiger partial charge in [0.15, 0.2) is 5.65 Å². The number of anilines is 1. The fourth-order valence-corrected chi connectivity index (χ4v) is 3.81. The van der Waals surface area contributed by atoms with E-state index in [1.807, 2.05) is 24.3 Å². The molecule has 1 fully saturated rings. The van der Waals surface area contributed by atoms with E-state index >= 15 is 0 Å². The van der Waals surface area contributed by atoms with E-state index in [4.69, 9.17) is 4.74 Å². The number of nitrogens with zero attached hydrogens (tertiary/aromatic N) is 4. The normalized spacial score (nSPS) is 16.3. The maximum absolute atomic E-state index is 12.7. The quantitative estimate of drug-likeness (QED) is 0.636. The zero-order valence-corrected chi connectivity index (χ0v) is 17.4. The van der Waals surface area contributed by atoms with Crippen LogP contribution in [0.4, 0.5) is 10.5 Å². The molecule has 0 bridgehead atoms. The van der Waals surface area contributed by atoms with Gasteiger partial charge in [-0.3, -0.25) is 9.20 Å². The number of hydrogen-bond acceptors (Lipinski definition) is 5. The molecule has 9 nitrogen and oxygen atoms in total. The molecular formula is C22H25N5O4. The number of nitrogens with one attached hydrogen (secondary N) is 1. The number of piperidine rings is 1. The summed E-state index contributed by atoms with van der Waals surface area (Å²) >= 11 is 0.